The van der Waals surface area contributed by atoms with Crippen LogP contribution in [-0.4, -0.2) is 58.1 Å². The molecule has 162 valence electrons. The van der Waals surface area contributed by atoms with Crippen molar-refractivity contribution in [2.24, 2.45) is 24.8 Å². The number of carbonyl (C=O) groups excluding carboxylic acids is 1. The maximum Gasteiger partial charge on any atom is 0.573 e. The van der Waals surface area contributed by atoms with Crippen LogP contribution >= 0.6 is 0 Å². The monoisotopic (exact) mass is 424 g/mol. The number of benzene rings is 1. The predicted molar refractivity (Wildman–Crippen MR) is 101 cm³/mol. The van der Waals surface area contributed by atoms with Gasteiger partial charge in [0.1, 0.15) is 12.1 Å². The Bertz CT molecular complexity index is 890. The number of likely N-dealkylation sites (tertiary alicyclic amines) is 1. The van der Waals surface area contributed by atoms with E-state index >= 15 is 0 Å². The normalized spacial score (nSPS) is 23.3. The van der Waals surface area contributed by atoms with Crippen molar-refractivity contribution in [1.29, 1.82) is 0 Å². The highest BCUT2D eigenvalue weighted by Crippen LogP contribution is 2.51. The minimum Gasteiger partial charge on any atom is -0.406 e. The van der Waals surface area contributed by atoms with E-state index in [1.807, 2.05) is 0 Å². The molecule has 1 aliphatic heterocycles. The lowest BCUT2D eigenvalue weighted by Crippen LogP contribution is -2.34. The van der Waals surface area contributed by atoms with Crippen molar-refractivity contribution in [1.82, 2.24) is 25.0 Å². The second kappa shape index (κ2) is 8.23. The third-order valence-electron chi connectivity index (χ3n) is 5.51. The van der Waals surface area contributed by atoms with Crippen molar-refractivity contribution in [3.05, 3.63) is 36.2 Å². The number of fused-ring (bicyclic) bond motifs is 1. The molecule has 2 fully saturated rings. The molecule has 8 nitrogen and oxygen atoms in total. The number of aryl methyl sites for hydroxylation is 1. The Morgan fingerprint density at radius 1 is 1.30 bits per heavy atom. The summed E-state index contributed by atoms with van der Waals surface area (Å²) in [6, 6.07) is 6.00. The van der Waals surface area contributed by atoms with Crippen molar-refractivity contribution in [2.45, 2.75) is 12.9 Å². The number of piperidine rings is 1. The van der Waals surface area contributed by atoms with Gasteiger partial charge in [-0.3, -0.25) is 19.7 Å². The zero-order chi connectivity index (χ0) is 21.3. The fraction of sp³-hybridized carbons (Fsp3) is 0.526. The lowest BCUT2D eigenvalue weighted by molar-refractivity contribution is -0.274. The van der Waals surface area contributed by atoms with E-state index in [1.54, 1.807) is 19.2 Å². The molecule has 2 heterocycles. The summed E-state index contributed by atoms with van der Waals surface area (Å²) in [7, 11) is 1.73. The first-order chi connectivity index (χ1) is 14.3. The number of aromatic nitrogens is 3. The number of halogens is 3. The number of hydrogen-bond donors (Lipinski definition) is 2. The average Bonchev–Trinajstić information content (AvgIpc) is 2.96. The lowest BCUT2D eigenvalue weighted by atomic mass is 10.2. The number of nitrogens with zero attached hydrogens (tertiary/aromatic N) is 4. The molecule has 2 atom stereocenters. The molecule has 4 rings (SSSR count). The highest BCUT2D eigenvalue weighted by molar-refractivity contribution is 5.90. The van der Waals surface area contributed by atoms with Gasteiger partial charge < -0.3 is 10.1 Å². The summed E-state index contributed by atoms with van der Waals surface area (Å²) in [5.41, 5.74) is 0.740. The molecular weight excluding hydrogens is 401 g/mol. The molecule has 2 unspecified atom stereocenters. The molecule has 2 aromatic rings. The fourth-order valence-corrected chi connectivity index (χ4v) is 4.17. The molecule has 0 bridgehead atoms. The average molecular weight is 424 g/mol. The molecule has 0 radical (unpaired) electrons. The number of amides is 1. The van der Waals surface area contributed by atoms with Gasteiger partial charge in [0.15, 0.2) is 0 Å². The number of ether oxygens (including phenoxy) is 1. The molecule has 0 spiro atoms. The first-order valence-corrected chi connectivity index (χ1v) is 9.70. The second-order valence-corrected chi connectivity index (χ2v) is 7.80. The Kier molecular flexibility index (Phi) is 5.65. The molecule has 1 saturated heterocycles. The van der Waals surface area contributed by atoms with Crippen LogP contribution in [0.15, 0.2) is 30.6 Å². The molecule has 1 amide bonds. The van der Waals surface area contributed by atoms with Crippen molar-refractivity contribution in [3.63, 3.8) is 0 Å². The van der Waals surface area contributed by atoms with Crippen molar-refractivity contribution >= 4 is 11.9 Å². The maximum atomic E-state index is 12.3. The summed E-state index contributed by atoms with van der Waals surface area (Å²) >= 11 is 0. The highest BCUT2D eigenvalue weighted by Gasteiger charge is 2.54. The summed E-state index contributed by atoms with van der Waals surface area (Å²) in [4.78, 5) is 18.2. The largest absolute Gasteiger partial charge is 0.573 e. The van der Waals surface area contributed by atoms with Gasteiger partial charge in [0, 0.05) is 26.7 Å². The third kappa shape index (κ3) is 5.28. The Balaban J connectivity index is 1.15. The minimum absolute atomic E-state index is 0.127. The van der Waals surface area contributed by atoms with E-state index < -0.39 is 6.36 Å². The zero-order valence-corrected chi connectivity index (χ0v) is 16.4. The van der Waals surface area contributed by atoms with E-state index in [1.165, 1.54) is 23.1 Å². The summed E-state index contributed by atoms with van der Waals surface area (Å²) in [5, 5.41) is 10.0. The first-order valence-electron chi connectivity index (χ1n) is 9.70. The predicted octanol–water partition coefficient (Wildman–Crippen LogP) is 1.62. The molecule has 1 saturated carbocycles. The van der Waals surface area contributed by atoms with Crippen LogP contribution in [0.4, 0.5) is 19.1 Å². The number of alkyl halides is 3. The van der Waals surface area contributed by atoms with E-state index in [0.29, 0.717) is 36.8 Å². The Hall–Kier alpha value is -2.66. The summed E-state index contributed by atoms with van der Waals surface area (Å²) < 4.78 is 42.4. The lowest BCUT2D eigenvalue weighted by Gasteiger charge is -2.18. The van der Waals surface area contributed by atoms with Crippen molar-refractivity contribution in [3.8, 4) is 5.75 Å². The Labute approximate surface area is 171 Å². The molecule has 11 heteroatoms. The smallest absolute Gasteiger partial charge is 0.406 e. The van der Waals surface area contributed by atoms with Gasteiger partial charge in [-0.25, -0.2) is 4.98 Å². The van der Waals surface area contributed by atoms with Gasteiger partial charge in [-0.05, 0) is 42.0 Å². The minimum atomic E-state index is -4.69. The molecule has 2 aliphatic rings. The van der Waals surface area contributed by atoms with E-state index in [0.717, 1.165) is 25.2 Å². The molecule has 1 aliphatic carbocycles. The van der Waals surface area contributed by atoms with Gasteiger partial charge in [-0.1, -0.05) is 12.1 Å². The van der Waals surface area contributed by atoms with Crippen LogP contribution in [0.1, 0.15) is 5.56 Å². The van der Waals surface area contributed by atoms with Gasteiger partial charge in [0.05, 0.1) is 6.54 Å². The maximum absolute atomic E-state index is 12.3. The molecule has 30 heavy (non-hydrogen) atoms. The Morgan fingerprint density at radius 2 is 2.07 bits per heavy atom. The number of nitrogens with one attached hydrogen (secondary N) is 2. The van der Waals surface area contributed by atoms with E-state index in [4.69, 9.17) is 0 Å². The molecule has 2 N–H and O–H groups in total. The van der Waals surface area contributed by atoms with Gasteiger partial charge in [0.25, 0.3) is 0 Å². The number of hydrogen-bond acceptors (Lipinski definition) is 6. The van der Waals surface area contributed by atoms with Crippen LogP contribution < -0.4 is 15.4 Å². The van der Waals surface area contributed by atoms with Gasteiger partial charge in [-0.2, -0.15) is 0 Å². The number of rotatable bonds is 8. The third-order valence-corrected chi connectivity index (χ3v) is 5.51. The van der Waals surface area contributed by atoms with Crippen LogP contribution in [0.2, 0.25) is 0 Å². The van der Waals surface area contributed by atoms with Crippen LogP contribution in [0.25, 0.3) is 0 Å². The van der Waals surface area contributed by atoms with Gasteiger partial charge in [-0.15, -0.1) is 18.3 Å². The number of carbonyl (C=O) groups is 1. The van der Waals surface area contributed by atoms with E-state index in [-0.39, 0.29) is 11.7 Å². The van der Waals surface area contributed by atoms with Crippen LogP contribution in [0.3, 0.4) is 0 Å². The second-order valence-electron chi connectivity index (χ2n) is 7.80. The van der Waals surface area contributed by atoms with E-state index in [9.17, 15) is 18.0 Å². The van der Waals surface area contributed by atoms with Crippen LogP contribution in [-0.2, 0) is 18.4 Å². The summed E-state index contributed by atoms with van der Waals surface area (Å²) in [5.74, 6) is 1.62. The summed E-state index contributed by atoms with van der Waals surface area (Å²) in [6.45, 7) is 3.34. The van der Waals surface area contributed by atoms with Crippen LogP contribution in [0.5, 0.6) is 5.75 Å². The first kappa shape index (κ1) is 20.6. The number of anilines is 1. The summed E-state index contributed by atoms with van der Waals surface area (Å²) in [6.07, 6.45) is -3.16. The quantitative estimate of drug-likeness (QED) is 0.670. The Morgan fingerprint density at radius 3 is 2.73 bits per heavy atom. The fourth-order valence-electron chi connectivity index (χ4n) is 4.17. The molecule has 1 aromatic carbocycles. The van der Waals surface area contributed by atoms with Gasteiger partial charge >= 0.3 is 6.36 Å². The molecular formula is C19H23F3N6O2. The van der Waals surface area contributed by atoms with E-state index in [2.05, 4.69) is 30.4 Å². The van der Waals surface area contributed by atoms with Gasteiger partial charge in [0.2, 0.25) is 11.9 Å². The van der Waals surface area contributed by atoms with Crippen molar-refractivity contribution in [2.75, 3.05) is 31.5 Å². The molecule has 1 aromatic heterocycles. The standard InChI is InChI=1S/C19H23F3N6O2/c1-27-11-24-18(26-27)25-17(29)10-28-8-15-14(16(15)9-28)7-23-6-12-3-2-4-13(5-12)30-19(20,21)22/h2-5,11,14-16,23H,6-10H2,1H3,(H,25,26,29). The SMILES string of the molecule is Cn1cnc(NC(=O)CN2CC3C(CNCc4cccc(OC(F)(F)F)c4)C3C2)n1. The zero-order valence-electron chi connectivity index (χ0n) is 16.4. The highest BCUT2D eigenvalue weighted by atomic mass is 19.4. The van der Waals surface area contributed by atoms with Crippen LogP contribution in [0, 0.1) is 17.8 Å². The van der Waals surface area contributed by atoms with Crippen molar-refractivity contribution < 1.29 is 22.7 Å². The topological polar surface area (TPSA) is 84.3 Å².